The van der Waals surface area contributed by atoms with Crippen molar-refractivity contribution >= 4 is 33.4 Å². The number of hydrogen-bond acceptors (Lipinski definition) is 4. The Morgan fingerprint density at radius 2 is 1.33 bits per heavy atom. The first-order chi connectivity index (χ1) is 21.8. The molecule has 1 atom stereocenters. The average molecular weight is 644 g/mol. The molecule has 0 bridgehead atoms. The van der Waals surface area contributed by atoms with Crippen LogP contribution in [-0.2, 0) is 45.4 Å². The minimum Gasteiger partial charge on any atom is -0.354 e. The van der Waals surface area contributed by atoms with Gasteiger partial charge in [-0.25, -0.2) is 13.1 Å². The van der Waals surface area contributed by atoms with Crippen LogP contribution in [0.2, 0.25) is 5.02 Å². The molecule has 2 amide bonds. The van der Waals surface area contributed by atoms with Gasteiger partial charge in [-0.3, -0.25) is 9.59 Å². The van der Waals surface area contributed by atoms with Crippen molar-refractivity contribution in [2.24, 2.45) is 0 Å². The molecule has 1 aliphatic carbocycles. The second kappa shape index (κ2) is 15.3. The molecule has 234 valence electrons. The number of nitrogens with one attached hydrogen (secondary N) is 2. The summed E-state index contributed by atoms with van der Waals surface area (Å²) >= 11 is 6.14. The third-order valence-electron chi connectivity index (χ3n) is 7.85. The van der Waals surface area contributed by atoms with Crippen LogP contribution in [0.1, 0.15) is 41.5 Å². The average Bonchev–Trinajstić information content (AvgIpc) is 3.87. The number of carbonyl (C=O) groups excluding carboxylic acids is 2. The minimum atomic E-state index is -3.55. The van der Waals surface area contributed by atoms with Crippen LogP contribution in [0, 0.1) is 0 Å². The Labute approximate surface area is 270 Å². The van der Waals surface area contributed by atoms with E-state index >= 15 is 0 Å². The van der Waals surface area contributed by atoms with Crippen molar-refractivity contribution in [3.8, 4) is 0 Å². The lowest BCUT2D eigenvalue weighted by Crippen LogP contribution is -2.50. The fraction of sp³-hybridized carbons (Fsp3) is 0.278. The summed E-state index contributed by atoms with van der Waals surface area (Å²) < 4.78 is 27.8. The first-order valence-corrected chi connectivity index (χ1v) is 17.1. The highest BCUT2D eigenvalue weighted by atomic mass is 35.5. The van der Waals surface area contributed by atoms with Crippen molar-refractivity contribution in [1.29, 1.82) is 0 Å². The van der Waals surface area contributed by atoms with E-state index in [1.165, 1.54) is 0 Å². The van der Waals surface area contributed by atoms with Crippen LogP contribution < -0.4 is 10.0 Å². The van der Waals surface area contributed by atoms with Gasteiger partial charge in [0, 0.05) is 37.0 Å². The number of rotatable bonds is 15. The first-order valence-electron chi connectivity index (χ1n) is 15.3. The third-order valence-corrected chi connectivity index (χ3v) is 9.64. The molecule has 0 radical (unpaired) electrons. The lowest BCUT2D eigenvalue weighted by Gasteiger charge is -2.32. The normalized spacial score (nSPS) is 13.6. The van der Waals surface area contributed by atoms with E-state index in [1.807, 2.05) is 72.8 Å². The molecule has 5 rings (SSSR count). The van der Waals surface area contributed by atoms with E-state index in [1.54, 1.807) is 41.3 Å². The zero-order valence-corrected chi connectivity index (χ0v) is 26.6. The summed E-state index contributed by atoms with van der Waals surface area (Å²) in [6.45, 7) is 0.686. The van der Waals surface area contributed by atoms with Crippen LogP contribution in [0.15, 0.2) is 114 Å². The lowest BCUT2D eigenvalue weighted by molar-refractivity contribution is -0.141. The highest BCUT2D eigenvalue weighted by Crippen LogP contribution is 2.23. The largest absolute Gasteiger partial charge is 0.354 e. The Hall–Kier alpha value is -3.98. The van der Waals surface area contributed by atoms with Gasteiger partial charge >= 0.3 is 0 Å². The molecule has 1 fully saturated rings. The SMILES string of the molecule is O=C(NCCc1ccccc1)C(Cc1ccccc1)N(Cc1ccc(Cl)cc1)C(=O)CCc1ccc(S(=O)(=O)NC2CC2)cc1. The highest BCUT2D eigenvalue weighted by molar-refractivity contribution is 7.89. The van der Waals surface area contributed by atoms with E-state index in [0.29, 0.717) is 30.8 Å². The topological polar surface area (TPSA) is 95.6 Å². The van der Waals surface area contributed by atoms with Crippen LogP contribution in [0.3, 0.4) is 0 Å². The number of aryl methyl sites for hydroxylation is 1. The monoisotopic (exact) mass is 643 g/mol. The zero-order valence-electron chi connectivity index (χ0n) is 25.1. The van der Waals surface area contributed by atoms with Gasteiger partial charge in [-0.15, -0.1) is 0 Å². The smallest absolute Gasteiger partial charge is 0.243 e. The molecule has 1 aliphatic rings. The van der Waals surface area contributed by atoms with Gasteiger partial charge in [0.15, 0.2) is 0 Å². The van der Waals surface area contributed by atoms with Gasteiger partial charge in [-0.2, -0.15) is 0 Å². The molecule has 0 spiro atoms. The third kappa shape index (κ3) is 9.75. The molecule has 0 heterocycles. The summed E-state index contributed by atoms with van der Waals surface area (Å²) in [6, 6.07) is 32.9. The van der Waals surface area contributed by atoms with Gasteiger partial charge in [0.05, 0.1) is 4.90 Å². The standard InChI is InChI=1S/C36H38ClN3O4S/c37-31-16-11-30(12-17-31)26-40(35(41)22-15-28-13-20-33(21-14-28)45(43,44)39-32-18-19-32)34(25-29-9-5-2-6-10-29)36(42)38-24-23-27-7-3-1-4-8-27/h1-14,16-17,20-21,32,34,39H,15,18-19,22-26H2,(H,38,42). The Bertz CT molecular complexity index is 1660. The minimum absolute atomic E-state index is 0.0262. The predicted molar refractivity (Wildman–Crippen MR) is 177 cm³/mol. The fourth-order valence-corrected chi connectivity index (χ4v) is 6.58. The van der Waals surface area contributed by atoms with E-state index in [-0.39, 0.29) is 35.7 Å². The fourth-order valence-electron chi connectivity index (χ4n) is 5.15. The molecule has 0 aliphatic heterocycles. The molecule has 0 aromatic heterocycles. The Balaban J connectivity index is 1.33. The molecule has 4 aromatic carbocycles. The molecule has 45 heavy (non-hydrogen) atoms. The summed E-state index contributed by atoms with van der Waals surface area (Å²) in [5.74, 6) is -0.383. The van der Waals surface area contributed by atoms with Crippen molar-refractivity contribution < 1.29 is 18.0 Å². The van der Waals surface area contributed by atoms with Crippen LogP contribution in [0.5, 0.6) is 0 Å². The number of carbonyl (C=O) groups is 2. The molecule has 1 saturated carbocycles. The summed E-state index contributed by atoms with van der Waals surface area (Å²) in [6.07, 6.45) is 3.32. The number of benzene rings is 4. The number of halogens is 1. The van der Waals surface area contributed by atoms with Gasteiger partial charge in [0.1, 0.15) is 6.04 Å². The van der Waals surface area contributed by atoms with Crippen molar-refractivity contribution in [3.05, 3.63) is 136 Å². The van der Waals surface area contributed by atoms with Gasteiger partial charge in [-0.1, -0.05) is 96.5 Å². The molecule has 2 N–H and O–H groups in total. The van der Waals surface area contributed by atoms with E-state index < -0.39 is 16.1 Å². The van der Waals surface area contributed by atoms with E-state index in [0.717, 1.165) is 35.1 Å². The molecular weight excluding hydrogens is 606 g/mol. The number of nitrogens with zero attached hydrogens (tertiary/aromatic N) is 1. The van der Waals surface area contributed by atoms with Crippen molar-refractivity contribution in [3.63, 3.8) is 0 Å². The number of sulfonamides is 1. The molecule has 7 nitrogen and oxygen atoms in total. The summed E-state index contributed by atoms with van der Waals surface area (Å²) in [5.41, 5.74) is 3.77. The summed E-state index contributed by atoms with van der Waals surface area (Å²) in [4.78, 5) is 29.7. The summed E-state index contributed by atoms with van der Waals surface area (Å²) in [7, 11) is -3.55. The Morgan fingerprint density at radius 1 is 0.756 bits per heavy atom. The van der Waals surface area contributed by atoms with E-state index in [4.69, 9.17) is 11.6 Å². The second-order valence-electron chi connectivity index (χ2n) is 11.4. The predicted octanol–water partition coefficient (Wildman–Crippen LogP) is 5.71. The van der Waals surface area contributed by atoms with Crippen molar-refractivity contribution in [2.75, 3.05) is 6.54 Å². The second-order valence-corrected chi connectivity index (χ2v) is 13.6. The lowest BCUT2D eigenvalue weighted by atomic mass is 10.0. The Morgan fingerprint density at radius 3 is 1.96 bits per heavy atom. The molecule has 1 unspecified atom stereocenters. The maximum absolute atomic E-state index is 14.0. The molecular formula is C36H38ClN3O4S. The van der Waals surface area contributed by atoms with Gasteiger partial charge in [-0.05, 0) is 72.2 Å². The van der Waals surface area contributed by atoms with Gasteiger partial charge < -0.3 is 10.2 Å². The van der Waals surface area contributed by atoms with E-state index in [9.17, 15) is 18.0 Å². The van der Waals surface area contributed by atoms with Crippen molar-refractivity contribution in [1.82, 2.24) is 14.9 Å². The Kier molecular flexibility index (Phi) is 11.1. The van der Waals surface area contributed by atoms with Crippen molar-refractivity contribution in [2.45, 2.75) is 62.0 Å². The van der Waals surface area contributed by atoms with Gasteiger partial charge in [0.2, 0.25) is 21.8 Å². The molecule has 4 aromatic rings. The summed E-state index contributed by atoms with van der Waals surface area (Å²) in [5, 5.41) is 3.67. The van der Waals surface area contributed by atoms with Crippen LogP contribution in [0.4, 0.5) is 0 Å². The van der Waals surface area contributed by atoms with Crippen LogP contribution >= 0.6 is 11.6 Å². The zero-order chi connectivity index (χ0) is 31.6. The van der Waals surface area contributed by atoms with E-state index in [2.05, 4.69) is 10.0 Å². The molecule has 0 saturated heterocycles. The maximum Gasteiger partial charge on any atom is 0.243 e. The maximum atomic E-state index is 14.0. The first kappa shape index (κ1) is 32.4. The highest BCUT2D eigenvalue weighted by Gasteiger charge is 2.30. The number of amides is 2. The van der Waals surface area contributed by atoms with Crippen LogP contribution in [-0.4, -0.2) is 43.8 Å². The molecule has 9 heteroatoms. The van der Waals surface area contributed by atoms with Gasteiger partial charge in [0.25, 0.3) is 0 Å². The number of hydrogen-bond donors (Lipinski definition) is 2. The quantitative estimate of drug-likeness (QED) is 0.173. The van der Waals surface area contributed by atoms with Crippen LogP contribution in [0.25, 0.3) is 0 Å².